The van der Waals surface area contributed by atoms with Crippen LogP contribution in [0.2, 0.25) is 0 Å². The van der Waals surface area contributed by atoms with Gasteiger partial charge >= 0.3 is 0 Å². The molecule has 2 aromatic carbocycles. The van der Waals surface area contributed by atoms with Gasteiger partial charge in [-0.1, -0.05) is 42.0 Å². The monoisotopic (exact) mass is 411 g/mol. The van der Waals surface area contributed by atoms with Crippen LogP contribution in [0.5, 0.6) is 0 Å². The smallest absolute Gasteiger partial charge is 0.261 e. The minimum absolute atomic E-state index is 0.0308. The van der Waals surface area contributed by atoms with Crippen LogP contribution in [-0.2, 0) is 16.3 Å². The van der Waals surface area contributed by atoms with Crippen molar-refractivity contribution in [3.63, 3.8) is 0 Å². The molecule has 144 valence electrons. The van der Waals surface area contributed by atoms with Crippen molar-refractivity contribution in [1.82, 2.24) is 5.32 Å². The van der Waals surface area contributed by atoms with Crippen LogP contribution in [0, 0.1) is 6.92 Å². The summed E-state index contributed by atoms with van der Waals surface area (Å²) in [4.78, 5) is 13.4. The number of thiophene rings is 1. The third-order valence-corrected chi connectivity index (χ3v) is 8.42. The first kappa shape index (κ1) is 18.9. The number of fused-ring (bicyclic) bond motifs is 1. The Labute approximate surface area is 169 Å². The molecule has 1 aliphatic rings. The maximum Gasteiger partial charge on any atom is 0.261 e. The largest absolute Gasteiger partial charge is 0.345 e. The van der Waals surface area contributed by atoms with Crippen LogP contribution in [-0.4, -0.2) is 14.3 Å². The van der Waals surface area contributed by atoms with E-state index in [1.165, 1.54) is 11.6 Å². The Bertz CT molecular complexity index is 1110. The minimum Gasteiger partial charge on any atom is -0.345 e. The van der Waals surface area contributed by atoms with Crippen molar-refractivity contribution < 1.29 is 13.2 Å². The van der Waals surface area contributed by atoms with Crippen molar-refractivity contribution in [2.24, 2.45) is 0 Å². The van der Waals surface area contributed by atoms with Crippen LogP contribution >= 0.6 is 11.3 Å². The first-order valence-corrected chi connectivity index (χ1v) is 11.6. The summed E-state index contributed by atoms with van der Waals surface area (Å²) >= 11 is 1.02. The lowest BCUT2D eigenvalue weighted by molar-refractivity contribution is 0.0937. The lowest BCUT2D eigenvalue weighted by atomic mass is 9.88. The standard InChI is InChI=1S/C22H21NO3S2/c1-15-9-11-17(12-10-15)28(25,26)21-14-13-20(27-21)22(24)23-19-8-4-6-16-5-2-3-7-18(16)19/h2-3,5,7,9-14,19H,4,6,8H2,1H3,(H,23,24)/t19-/m1/s1. The summed E-state index contributed by atoms with van der Waals surface area (Å²) < 4.78 is 25.8. The number of hydrogen-bond acceptors (Lipinski definition) is 4. The minimum atomic E-state index is -3.61. The fourth-order valence-corrected chi connectivity index (χ4v) is 6.16. The zero-order chi connectivity index (χ0) is 19.7. The maximum atomic E-state index is 12.8. The van der Waals surface area contributed by atoms with Crippen LogP contribution in [0.3, 0.4) is 0 Å². The highest BCUT2D eigenvalue weighted by Gasteiger charge is 2.25. The molecule has 6 heteroatoms. The van der Waals surface area contributed by atoms with Gasteiger partial charge in [-0.15, -0.1) is 11.3 Å². The number of carbonyl (C=O) groups is 1. The summed E-state index contributed by atoms with van der Waals surface area (Å²) in [5, 5.41) is 3.08. The highest BCUT2D eigenvalue weighted by molar-refractivity contribution is 7.93. The lowest BCUT2D eigenvalue weighted by Crippen LogP contribution is -2.30. The molecule has 1 heterocycles. The zero-order valence-electron chi connectivity index (χ0n) is 15.5. The molecule has 1 N–H and O–H groups in total. The van der Waals surface area contributed by atoms with Gasteiger partial charge in [0.25, 0.3) is 5.91 Å². The van der Waals surface area contributed by atoms with Crippen LogP contribution in [0.1, 0.15) is 45.2 Å². The van der Waals surface area contributed by atoms with Crippen molar-refractivity contribution in [2.75, 3.05) is 0 Å². The Morgan fingerprint density at radius 3 is 2.57 bits per heavy atom. The van der Waals surface area contributed by atoms with Gasteiger partial charge in [0.2, 0.25) is 9.84 Å². The first-order chi connectivity index (χ1) is 13.4. The number of nitrogens with one attached hydrogen (secondary N) is 1. The second kappa shape index (κ2) is 7.53. The van der Waals surface area contributed by atoms with Crippen molar-refractivity contribution >= 4 is 27.1 Å². The molecular weight excluding hydrogens is 390 g/mol. The fraction of sp³-hybridized carbons (Fsp3) is 0.227. The molecule has 0 aliphatic heterocycles. The summed E-state index contributed by atoms with van der Waals surface area (Å²) in [5.41, 5.74) is 3.43. The topological polar surface area (TPSA) is 63.2 Å². The molecule has 1 aliphatic carbocycles. The average molecular weight is 412 g/mol. The summed E-state index contributed by atoms with van der Waals surface area (Å²) in [5.74, 6) is -0.225. The maximum absolute atomic E-state index is 12.8. The van der Waals surface area contributed by atoms with E-state index in [0.717, 1.165) is 41.7 Å². The molecule has 0 unspecified atom stereocenters. The van der Waals surface area contributed by atoms with Gasteiger partial charge in [0.1, 0.15) is 4.21 Å². The van der Waals surface area contributed by atoms with Crippen LogP contribution in [0.15, 0.2) is 69.8 Å². The van der Waals surface area contributed by atoms with Crippen molar-refractivity contribution in [3.05, 3.63) is 82.2 Å². The number of hydrogen-bond donors (Lipinski definition) is 1. The molecule has 1 amide bonds. The summed E-state index contributed by atoms with van der Waals surface area (Å²) in [6, 6.07) is 18.0. The molecule has 0 saturated carbocycles. The summed E-state index contributed by atoms with van der Waals surface area (Å²) in [6.45, 7) is 1.91. The fourth-order valence-electron chi connectivity index (χ4n) is 3.55. The molecule has 28 heavy (non-hydrogen) atoms. The molecule has 0 radical (unpaired) electrons. The van der Waals surface area contributed by atoms with E-state index in [1.54, 1.807) is 30.3 Å². The predicted molar refractivity (Wildman–Crippen MR) is 111 cm³/mol. The summed E-state index contributed by atoms with van der Waals surface area (Å²) in [6.07, 6.45) is 2.95. The number of sulfone groups is 1. The van der Waals surface area contributed by atoms with E-state index in [4.69, 9.17) is 0 Å². The number of benzene rings is 2. The SMILES string of the molecule is Cc1ccc(S(=O)(=O)c2ccc(C(=O)N[C@@H]3CCCc4ccccc43)s2)cc1. The quantitative estimate of drug-likeness (QED) is 0.677. The third kappa shape index (κ3) is 3.62. The van der Waals surface area contributed by atoms with Crippen LogP contribution in [0.4, 0.5) is 0 Å². The van der Waals surface area contributed by atoms with Gasteiger partial charge in [-0.2, -0.15) is 0 Å². The van der Waals surface area contributed by atoms with Crippen LogP contribution < -0.4 is 5.32 Å². The molecule has 0 fully saturated rings. The Hall–Kier alpha value is -2.44. The van der Waals surface area contributed by atoms with Crippen LogP contribution in [0.25, 0.3) is 0 Å². The Morgan fingerprint density at radius 2 is 1.79 bits per heavy atom. The molecule has 1 atom stereocenters. The van der Waals surface area contributed by atoms with Crippen molar-refractivity contribution in [2.45, 2.75) is 41.3 Å². The van der Waals surface area contributed by atoms with Crippen molar-refractivity contribution in [3.8, 4) is 0 Å². The number of rotatable bonds is 4. The first-order valence-electron chi connectivity index (χ1n) is 9.25. The second-order valence-electron chi connectivity index (χ2n) is 7.05. The average Bonchev–Trinajstić information content (AvgIpc) is 3.20. The lowest BCUT2D eigenvalue weighted by Gasteiger charge is -2.26. The molecule has 1 aromatic heterocycles. The molecule has 3 aromatic rings. The Balaban J connectivity index is 1.55. The highest BCUT2D eigenvalue weighted by atomic mass is 32.2. The van der Waals surface area contributed by atoms with Gasteiger partial charge in [-0.3, -0.25) is 4.79 Å². The van der Waals surface area contributed by atoms with E-state index >= 15 is 0 Å². The molecular formula is C22H21NO3S2. The Kier molecular flexibility index (Phi) is 5.08. The predicted octanol–water partition coefficient (Wildman–Crippen LogP) is 4.70. The second-order valence-corrected chi connectivity index (χ2v) is 10.3. The Morgan fingerprint density at radius 1 is 1.04 bits per heavy atom. The van der Waals surface area contributed by atoms with E-state index in [1.807, 2.05) is 19.1 Å². The molecule has 0 bridgehead atoms. The van der Waals surface area contributed by atoms with E-state index < -0.39 is 9.84 Å². The molecule has 0 saturated heterocycles. The van der Waals surface area contributed by atoms with Crippen molar-refractivity contribution in [1.29, 1.82) is 0 Å². The highest BCUT2D eigenvalue weighted by Crippen LogP contribution is 2.31. The normalized spacial score (nSPS) is 16.4. The molecule has 4 nitrogen and oxygen atoms in total. The molecule has 4 rings (SSSR count). The van der Waals surface area contributed by atoms with Gasteiger partial charge in [0.15, 0.2) is 0 Å². The zero-order valence-corrected chi connectivity index (χ0v) is 17.1. The van der Waals surface area contributed by atoms with Gasteiger partial charge in [-0.25, -0.2) is 8.42 Å². The summed E-state index contributed by atoms with van der Waals surface area (Å²) in [7, 11) is -3.61. The molecule has 0 spiro atoms. The number of carbonyl (C=O) groups excluding carboxylic acids is 1. The van der Waals surface area contributed by atoms with E-state index in [9.17, 15) is 13.2 Å². The van der Waals surface area contributed by atoms with Gasteiger partial charge in [-0.05, 0) is 61.6 Å². The van der Waals surface area contributed by atoms with Gasteiger partial charge < -0.3 is 5.32 Å². The van der Waals surface area contributed by atoms with E-state index in [2.05, 4.69) is 17.4 Å². The van der Waals surface area contributed by atoms with Gasteiger partial charge in [0.05, 0.1) is 15.8 Å². The third-order valence-electron chi connectivity index (χ3n) is 5.08. The van der Waals surface area contributed by atoms with Gasteiger partial charge in [0, 0.05) is 0 Å². The number of aryl methyl sites for hydroxylation is 2. The van der Waals surface area contributed by atoms with E-state index in [0.29, 0.717) is 4.88 Å². The van der Waals surface area contributed by atoms with E-state index in [-0.39, 0.29) is 21.1 Å². The number of amides is 1.